The SMILES string of the molecule is Fc1ccccc1-c1nc2cc(Oc3ccc4oc(-c5ccccc5F)nc4c3)ccc2o1. The minimum absolute atomic E-state index is 0.199. The summed E-state index contributed by atoms with van der Waals surface area (Å²) in [5.41, 5.74) is 2.69. The number of ether oxygens (including phenoxy) is 1. The molecule has 0 amide bonds. The molecule has 0 unspecified atom stereocenters. The lowest BCUT2D eigenvalue weighted by molar-refractivity contribution is 0.483. The van der Waals surface area contributed by atoms with Crippen LogP contribution in [0.4, 0.5) is 8.78 Å². The summed E-state index contributed by atoms with van der Waals surface area (Å²) in [6.45, 7) is 0. The molecule has 0 aliphatic rings. The van der Waals surface area contributed by atoms with Gasteiger partial charge in [0.1, 0.15) is 34.2 Å². The van der Waals surface area contributed by atoms with Gasteiger partial charge in [-0.2, -0.15) is 0 Å². The van der Waals surface area contributed by atoms with E-state index in [1.807, 2.05) is 0 Å². The lowest BCUT2D eigenvalue weighted by Crippen LogP contribution is -1.85. The molecular weight excluding hydrogens is 426 g/mol. The Labute approximate surface area is 185 Å². The summed E-state index contributed by atoms with van der Waals surface area (Å²) in [7, 11) is 0. The van der Waals surface area contributed by atoms with Crippen molar-refractivity contribution in [3.63, 3.8) is 0 Å². The van der Waals surface area contributed by atoms with Crippen LogP contribution >= 0.6 is 0 Å². The first-order valence-electron chi connectivity index (χ1n) is 10.1. The van der Waals surface area contributed by atoms with Gasteiger partial charge < -0.3 is 13.6 Å². The van der Waals surface area contributed by atoms with Gasteiger partial charge in [-0.3, -0.25) is 0 Å². The largest absolute Gasteiger partial charge is 0.457 e. The van der Waals surface area contributed by atoms with Crippen molar-refractivity contribution < 1.29 is 22.4 Å². The minimum Gasteiger partial charge on any atom is -0.457 e. The summed E-state index contributed by atoms with van der Waals surface area (Å²) in [6, 6.07) is 22.9. The van der Waals surface area contributed by atoms with Crippen molar-refractivity contribution in [2.24, 2.45) is 0 Å². The van der Waals surface area contributed by atoms with Crippen LogP contribution in [0.3, 0.4) is 0 Å². The Bertz CT molecular complexity index is 1520. The molecule has 0 bridgehead atoms. The molecule has 0 aliphatic carbocycles. The smallest absolute Gasteiger partial charge is 0.230 e. The Morgan fingerprint density at radius 1 is 0.576 bits per heavy atom. The highest BCUT2D eigenvalue weighted by Crippen LogP contribution is 2.32. The minimum atomic E-state index is -0.406. The van der Waals surface area contributed by atoms with Crippen LogP contribution in [0.5, 0.6) is 11.5 Å². The molecule has 7 heteroatoms. The first kappa shape index (κ1) is 19.2. The number of hydrogen-bond donors (Lipinski definition) is 0. The van der Waals surface area contributed by atoms with Crippen LogP contribution < -0.4 is 4.74 Å². The van der Waals surface area contributed by atoms with E-state index >= 15 is 0 Å². The fourth-order valence-electron chi connectivity index (χ4n) is 3.58. The van der Waals surface area contributed by atoms with E-state index in [9.17, 15) is 8.78 Å². The van der Waals surface area contributed by atoms with Crippen molar-refractivity contribution in [2.75, 3.05) is 0 Å². The Hall–Kier alpha value is -4.52. The van der Waals surface area contributed by atoms with Gasteiger partial charge in [-0.05, 0) is 48.5 Å². The molecule has 0 spiro atoms. The highest BCUT2D eigenvalue weighted by Gasteiger charge is 2.15. The van der Waals surface area contributed by atoms with Gasteiger partial charge in [0, 0.05) is 12.1 Å². The number of oxazole rings is 2. The van der Waals surface area contributed by atoms with Crippen LogP contribution in [0.1, 0.15) is 0 Å². The number of aromatic nitrogens is 2. The lowest BCUT2D eigenvalue weighted by Gasteiger charge is -2.04. The second-order valence-corrected chi connectivity index (χ2v) is 7.36. The van der Waals surface area contributed by atoms with Gasteiger partial charge in [0.15, 0.2) is 11.2 Å². The fourth-order valence-corrected chi connectivity index (χ4v) is 3.58. The molecule has 0 radical (unpaired) electrons. The van der Waals surface area contributed by atoms with E-state index in [0.29, 0.717) is 44.8 Å². The highest BCUT2D eigenvalue weighted by atomic mass is 19.1. The first-order chi connectivity index (χ1) is 16.1. The molecule has 0 saturated carbocycles. The summed E-state index contributed by atoms with van der Waals surface area (Å²) in [4.78, 5) is 8.78. The van der Waals surface area contributed by atoms with Crippen LogP contribution in [0.2, 0.25) is 0 Å². The van der Waals surface area contributed by atoms with Crippen LogP contribution in [-0.2, 0) is 0 Å². The Kier molecular flexibility index (Phi) is 4.40. The zero-order valence-electron chi connectivity index (χ0n) is 17.0. The molecule has 160 valence electrons. The van der Waals surface area contributed by atoms with Gasteiger partial charge in [-0.25, -0.2) is 18.7 Å². The van der Waals surface area contributed by atoms with E-state index in [0.717, 1.165) is 0 Å². The topological polar surface area (TPSA) is 61.3 Å². The maximum Gasteiger partial charge on any atom is 0.230 e. The van der Waals surface area contributed by atoms with Crippen molar-refractivity contribution in [2.45, 2.75) is 0 Å². The molecule has 6 rings (SSSR count). The van der Waals surface area contributed by atoms with E-state index in [2.05, 4.69) is 9.97 Å². The van der Waals surface area contributed by atoms with Crippen molar-refractivity contribution in [3.05, 3.63) is 96.6 Å². The maximum absolute atomic E-state index is 14.1. The summed E-state index contributed by atoms with van der Waals surface area (Å²) < 4.78 is 45.5. The quantitative estimate of drug-likeness (QED) is 0.286. The first-order valence-corrected chi connectivity index (χ1v) is 10.1. The van der Waals surface area contributed by atoms with Crippen LogP contribution in [0, 0.1) is 11.6 Å². The Balaban J connectivity index is 1.31. The van der Waals surface area contributed by atoms with Crippen molar-refractivity contribution in [1.29, 1.82) is 0 Å². The molecular formula is C26H14F2N2O3. The van der Waals surface area contributed by atoms with E-state index < -0.39 is 11.6 Å². The van der Waals surface area contributed by atoms with E-state index in [4.69, 9.17) is 13.6 Å². The maximum atomic E-state index is 14.1. The molecule has 0 N–H and O–H groups in total. The van der Waals surface area contributed by atoms with Crippen LogP contribution in [0.25, 0.3) is 45.1 Å². The molecule has 0 aliphatic heterocycles. The molecule has 4 aromatic carbocycles. The van der Waals surface area contributed by atoms with Crippen LogP contribution in [-0.4, -0.2) is 9.97 Å². The van der Waals surface area contributed by atoms with Gasteiger partial charge in [0.25, 0.3) is 0 Å². The zero-order valence-corrected chi connectivity index (χ0v) is 17.0. The predicted molar refractivity (Wildman–Crippen MR) is 119 cm³/mol. The zero-order chi connectivity index (χ0) is 22.4. The third-order valence-corrected chi connectivity index (χ3v) is 5.16. The molecule has 2 heterocycles. The van der Waals surface area contributed by atoms with Gasteiger partial charge >= 0.3 is 0 Å². The number of nitrogens with zero attached hydrogens (tertiary/aromatic N) is 2. The van der Waals surface area contributed by atoms with Crippen molar-refractivity contribution >= 4 is 22.2 Å². The number of rotatable bonds is 4. The lowest BCUT2D eigenvalue weighted by atomic mass is 10.2. The normalized spacial score (nSPS) is 11.3. The highest BCUT2D eigenvalue weighted by molar-refractivity contribution is 5.79. The standard InChI is InChI=1S/C26H14F2N2O3/c27-19-7-3-1-5-17(19)25-29-21-13-15(9-11-23(21)32-25)31-16-10-12-24-22(14-16)30-26(33-24)18-6-2-4-8-20(18)28/h1-14H. The third kappa shape index (κ3) is 3.49. The predicted octanol–water partition coefficient (Wildman–Crippen LogP) is 7.37. The summed E-state index contributed by atoms with van der Waals surface area (Å²) >= 11 is 0. The Morgan fingerprint density at radius 3 is 1.48 bits per heavy atom. The van der Waals surface area contributed by atoms with E-state index in [1.54, 1.807) is 72.8 Å². The average Bonchev–Trinajstić information content (AvgIpc) is 3.43. The Morgan fingerprint density at radius 2 is 1.03 bits per heavy atom. The second-order valence-electron chi connectivity index (χ2n) is 7.36. The van der Waals surface area contributed by atoms with Gasteiger partial charge in [0.05, 0.1) is 11.1 Å². The number of halogens is 2. The van der Waals surface area contributed by atoms with E-state index in [1.165, 1.54) is 12.1 Å². The molecule has 6 aromatic rings. The fraction of sp³-hybridized carbons (Fsp3) is 0. The second kappa shape index (κ2) is 7.56. The van der Waals surface area contributed by atoms with Crippen molar-refractivity contribution in [3.8, 4) is 34.4 Å². The number of fused-ring (bicyclic) bond motifs is 2. The monoisotopic (exact) mass is 440 g/mol. The molecule has 0 saturated heterocycles. The number of benzene rings is 4. The molecule has 33 heavy (non-hydrogen) atoms. The molecule has 2 aromatic heterocycles. The average molecular weight is 440 g/mol. The molecule has 0 atom stereocenters. The summed E-state index contributed by atoms with van der Waals surface area (Å²) in [6.07, 6.45) is 0. The number of hydrogen-bond acceptors (Lipinski definition) is 5. The van der Waals surface area contributed by atoms with Crippen LogP contribution in [0.15, 0.2) is 93.8 Å². The van der Waals surface area contributed by atoms with E-state index in [-0.39, 0.29) is 11.8 Å². The van der Waals surface area contributed by atoms with Gasteiger partial charge in [-0.1, -0.05) is 24.3 Å². The summed E-state index contributed by atoms with van der Waals surface area (Å²) in [5, 5.41) is 0. The molecule has 5 nitrogen and oxygen atoms in total. The molecule has 0 fully saturated rings. The third-order valence-electron chi connectivity index (χ3n) is 5.16. The van der Waals surface area contributed by atoms with Gasteiger partial charge in [-0.15, -0.1) is 0 Å². The van der Waals surface area contributed by atoms with Crippen molar-refractivity contribution in [1.82, 2.24) is 9.97 Å². The summed E-state index contributed by atoms with van der Waals surface area (Å²) in [5.74, 6) is 0.628. The van der Waals surface area contributed by atoms with Gasteiger partial charge in [0.2, 0.25) is 11.8 Å².